The van der Waals surface area contributed by atoms with Crippen LogP contribution in [0.25, 0.3) is 0 Å². The molecule has 1 N–H and O–H groups in total. The van der Waals surface area contributed by atoms with Crippen LogP contribution in [-0.4, -0.2) is 41.7 Å². The molecule has 1 aromatic heterocycles. The second-order valence-corrected chi connectivity index (χ2v) is 7.03. The summed E-state index contributed by atoms with van der Waals surface area (Å²) in [7, 11) is -1.36. The van der Waals surface area contributed by atoms with E-state index in [-0.39, 0.29) is 28.6 Å². The highest BCUT2D eigenvalue weighted by Crippen LogP contribution is 2.19. The van der Waals surface area contributed by atoms with Crippen molar-refractivity contribution in [2.24, 2.45) is 7.05 Å². The number of halogens is 1. The number of rotatable bonds is 2. The van der Waals surface area contributed by atoms with Crippen molar-refractivity contribution in [1.82, 2.24) is 15.1 Å². The molecule has 1 atom stereocenters. The lowest BCUT2D eigenvalue weighted by Gasteiger charge is -2.10. The van der Waals surface area contributed by atoms with E-state index >= 15 is 0 Å². The maximum absolute atomic E-state index is 12.0. The molecular formula is C10H14ClN3O3S. The number of hydrogen-bond acceptors (Lipinski definition) is 4. The van der Waals surface area contributed by atoms with E-state index in [9.17, 15) is 13.2 Å². The largest absolute Gasteiger partial charge is 0.348 e. The Morgan fingerprint density at radius 1 is 1.56 bits per heavy atom. The third-order valence-corrected chi connectivity index (χ3v) is 5.15. The van der Waals surface area contributed by atoms with Gasteiger partial charge in [0.1, 0.15) is 5.15 Å². The number of amides is 1. The van der Waals surface area contributed by atoms with Crippen LogP contribution in [0.1, 0.15) is 22.5 Å². The van der Waals surface area contributed by atoms with Crippen LogP contribution in [0.15, 0.2) is 0 Å². The van der Waals surface area contributed by atoms with Gasteiger partial charge in [0.25, 0.3) is 5.91 Å². The van der Waals surface area contributed by atoms with Crippen molar-refractivity contribution in [2.75, 3.05) is 11.5 Å². The van der Waals surface area contributed by atoms with Gasteiger partial charge in [-0.2, -0.15) is 5.10 Å². The number of sulfone groups is 1. The molecule has 1 amide bonds. The molecule has 18 heavy (non-hydrogen) atoms. The van der Waals surface area contributed by atoms with E-state index in [0.29, 0.717) is 17.7 Å². The Balaban J connectivity index is 2.14. The summed E-state index contributed by atoms with van der Waals surface area (Å²) in [6.07, 6.45) is 0.449. The van der Waals surface area contributed by atoms with Gasteiger partial charge >= 0.3 is 0 Å². The smallest absolute Gasteiger partial charge is 0.256 e. The molecule has 8 heteroatoms. The van der Waals surface area contributed by atoms with E-state index in [1.165, 1.54) is 4.68 Å². The van der Waals surface area contributed by atoms with Gasteiger partial charge in [-0.1, -0.05) is 11.6 Å². The standard InChI is InChI=1S/C10H14ClN3O3S/c1-6-8(9(11)14(2)13-6)10(15)12-7-3-4-18(16,17)5-7/h7H,3-5H2,1-2H3,(H,12,15). The molecule has 1 aliphatic rings. The van der Waals surface area contributed by atoms with E-state index < -0.39 is 9.84 Å². The molecule has 100 valence electrons. The Labute approximate surface area is 110 Å². The fourth-order valence-corrected chi connectivity index (χ4v) is 3.99. The Hall–Kier alpha value is -1.08. The summed E-state index contributed by atoms with van der Waals surface area (Å²) in [5, 5.41) is 6.99. The maximum Gasteiger partial charge on any atom is 0.256 e. The van der Waals surface area contributed by atoms with Gasteiger partial charge in [-0.3, -0.25) is 9.48 Å². The predicted molar refractivity (Wildman–Crippen MR) is 67.5 cm³/mol. The second-order valence-electron chi connectivity index (χ2n) is 4.45. The van der Waals surface area contributed by atoms with Crippen LogP contribution >= 0.6 is 11.6 Å². The molecule has 0 radical (unpaired) electrons. The summed E-state index contributed by atoms with van der Waals surface area (Å²) in [6, 6.07) is -0.335. The van der Waals surface area contributed by atoms with E-state index in [0.717, 1.165) is 0 Å². The van der Waals surface area contributed by atoms with Gasteiger partial charge in [0.15, 0.2) is 9.84 Å². The third kappa shape index (κ3) is 2.51. The van der Waals surface area contributed by atoms with Crippen LogP contribution in [-0.2, 0) is 16.9 Å². The van der Waals surface area contributed by atoms with Gasteiger partial charge in [0, 0.05) is 13.1 Å². The summed E-state index contributed by atoms with van der Waals surface area (Å²) in [5.74, 6) is -0.249. The molecule has 6 nitrogen and oxygen atoms in total. The molecule has 2 heterocycles. The fourth-order valence-electron chi connectivity index (χ4n) is 2.05. The number of aromatic nitrogens is 2. The minimum Gasteiger partial charge on any atom is -0.348 e. The first kappa shape index (κ1) is 13.4. The van der Waals surface area contributed by atoms with Gasteiger partial charge in [-0.05, 0) is 13.3 Å². The Morgan fingerprint density at radius 2 is 2.22 bits per heavy atom. The molecule has 1 unspecified atom stereocenters. The average Bonchev–Trinajstić information content (AvgIpc) is 2.68. The molecule has 0 aromatic carbocycles. The highest BCUT2D eigenvalue weighted by atomic mass is 35.5. The molecule has 2 rings (SSSR count). The van der Waals surface area contributed by atoms with Gasteiger partial charge in [-0.25, -0.2) is 8.42 Å². The van der Waals surface area contributed by atoms with Crippen LogP contribution in [0, 0.1) is 6.92 Å². The zero-order chi connectivity index (χ0) is 13.5. The van der Waals surface area contributed by atoms with Crippen molar-refractivity contribution in [3.05, 3.63) is 16.4 Å². The first-order chi connectivity index (χ1) is 8.30. The summed E-state index contributed by atoms with van der Waals surface area (Å²) in [4.78, 5) is 12.0. The molecule has 1 fully saturated rings. The van der Waals surface area contributed by atoms with Crippen molar-refractivity contribution in [2.45, 2.75) is 19.4 Å². The number of nitrogens with one attached hydrogen (secondary N) is 1. The molecule has 0 saturated carbocycles. The van der Waals surface area contributed by atoms with Crippen LogP contribution in [0.3, 0.4) is 0 Å². The highest BCUT2D eigenvalue weighted by molar-refractivity contribution is 7.91. The van der Waals surface area contributed by atoms with Crippen molar-refractivity contribution in [3.63, 3.8) is 0 Å². The lowest BCUT2D eigenvalue weighted by atomic mass is 10.2. The molecule has 0 aliphatic carbocycles. The zero-order valence-electron chi connectivity index (χ0n) is 10.1. The minimum absolute atomic E-state index is 0.00430. The number of aryl methyl sites for hydroxylation is 2. The topological polar surface area (TPSA) is 81.1 Å². The van der Waals surface area contributed by atoms with E-state index in [4.69, 9.17) is 11.6 Å². The molecule has 0 bridgehead atoms. The maximum atomic E-state index is 12.0. The monoisotopic (exact) mass is 291 g/mol. The van der Waals surface area contributed by atoms with Gasteiger partial charge in [0.05, 0.1) is 22.8 Å². The summed E-state index contributed by atoms with van der Waals surface area (Å²) in [5.41, 5.74) is 0.837. The summed E-state index contributed by atoms with van der Waals surface area (Å²) < 4.78 is 24.0. The Morgan fingerprint density at radius 3 is 2.67 bits per heavy atom. The van der Waals surface area contributed by atoms with Crippen molar-refractivity contribution in [1.29, 1.82) is 0 Å². The summed E-state index contributed by atoms with van der Waals surface area (Å²) >= 11 is 5.97. The average molecular weight is 292 g/mol. The fraction of sp³-hybridized carbons (Fsp3) is 0.600. The molecule has 1 aliphatic heterocycles. The van der Waals surface area contributed by atoms with E-state index in [1.54, 1.807) is 14.0 Å². The Bertz CT molecular complexity index is 594. The SMILES string of the molecule is Cc1nn(C)c(Cl)c1C(=O)NC1CCS(=O)(=O)C1. The van der Waals surface area contributed by atoms with Crippen LogP contribution in [0.4, 0.5) is 0 Å². The molecule has 0 spiro atoms. The quantitative estimate of drug-likeness (QED) is 0.850. The van der Waals surface area contributed by atoms with Gasteiger partial charge in [0.2, 0.25) is 0 Å². The van der Waals surface area contributed by atoms with Gasteiger partial charge in [-0.15, -0.1) is 0 Å². The van der Waals surface area contributed by atoms with E-state index in [1.807, 2.05) is 0 Å². The highest BCUT2D eigenvalue weighted by Gasteiger charge is 2.30. The number of carbonyl (C=O) groups excluding carboxylic acids is 1. The lowest BCUT2D eigenvalue weighted by molar-refractivity contribution is 0.0940. The molecule has 1 saturated heterocycles. The zero-order valence-corrected chi connectivity index (χ0v) is 11.7. The first-order valence-electron chi connectivity index (χ1n) is 5.50. The second kappa shape index (κ2) is 4.55. The molecule has 1 aromatic rings. The molecular weight excluding hydrogens is 278 g/mol. The van der Waals surface area contributed by atoms with E-state index in [2.05, 4.69) is 10.4 Å². The van der Waals surface area contributed by atoms with Crippen molar-refractivity contribution >= 4 is 27.3 Å². The first-order valence-corrected chi connectivity index (χ1v) is 7.70. The van der Waals surface area contributed by atoms with Crippen LogP contribution in [0.2, 0.25) is 5.15 Å². The predicted octanol–water partition coefficient (Wildman–Crippen LogP) is 0.299. The number of nitrogens with zero attached hydrogens (tertiary/aromatic N) is 2. The van der Waals surface area contributed by atoms with Gasteiger partial charge < -0.3 is 5.32 Å². The number of hydrogen-bond donors (Lipinski definition) is 1. The Kier molecular flexibility index (Phi) is 3.37. The van der Waals surface area contributed by atoms with Crippen molar-refractivity contribution in [3.8, 4) is 0 Å². The summed E-state index contributed by atoms with van der Waals surface area (Å²) in [6.45, 7) is 1.69. The third-order valence-electron chi connectivity index (χ3n) is 2.95. The normalized spacial score (nSPS) is 22.1. The lowest BCUT2D eigenvalue weighted by Crippen LogP contribution is -2.35. The van der Waals surface area contributed by atoms with Crippen LogP contribution < -0.4 is 5.32 Å². The minimum atomic E-state index is -3.01. The van der Waals surface area contributed by atoms with Crippen molar-refractivity contribution < 1.29 is 13.2 Å². The van der Waals surface area contributed by atoms with Crippen LogP contribution in [0.5, 0.6) is 0 Å². The number of carbonyl (C=O) groups is 1.